The number of hydrogen-bond acceptors (Lipinski definition) is 4. The Balaban J connectivity index is 0.000000220. The zero-order chi connectivity index (χ0) is 29.1. The molecule has 4 rings (SSSR count). The fourth-order valence-corrected chi connectivity index (χ4v) is 4.08. The molecular formula is C32H24Cl4O4. The van der Waals surface area contributed by atoms with E-state index >= 15 is 0 Å². The van der Waals surface area contributed by atoms with Crippen LogP contribution in [0.1, 0.15) is 67.1 Å². The van der Waals surface area contributed by atoms with Crippen molar-refractivity contribution in [3.05, 3.63) is 139 Å². The molecule has 0 bridgehead atoms. The van der Waals surface area contributed by atoms with Gasteiger partial charge in [-0.25, -0.2) is 0 Å². The third-order valence-corrected chi connectivity index (χ3v) is 6.83. The summed E-state index contributed by atoms with van der Waals surface area (Å²) in [6, 6.07) is 26.6. The van der Waals surface area contributed by atoms with Crippen LogP contribution in [0.25, 0.3) is 0 Å². The van der Waals surface area contributed by atoms with E-state index in [-0.39, 0.29) is 48.8 Å². The summed E-state index contributed by atoms with van der Waals surface area (Å²) in [5, 5.41) is 2.33. The number of rotatable bonds is 10. The number of benzene rings is 4. The van der Waals surface area contributed by atoms with E-state index in [9.17, 15) is 19.2 Å². The maximum Gasteiger partial charge on any atom is 0.163 e. The van der Waals surface area contributed by atoms with Gasteiger partial charge in [0.05, 0.1) is 0 Å². The van der Waals surface area contributed by atoms with Gasteiger partial charge in [-0.2, -0.15) is 0 Å². The molecule has 0 heterocycles. The van der Waals surface area contributed by atoms with Gasteiger partial charge in [0.15, 0.2) is 23.1 Å². The Morgan fingerprint density at radius 3 is 0.625 bits per heavy atom. The number of ketones is 4. The van der Waals surface area contributed by atoms with E-state index in [1.54, 1.807) is 97.1 Å². The molecule has 204 valence electrons. The molecule has 0 amide bonds. The van der Waals surface area contributed by atoms with Crippen molar-refractivity contribution >= 4 is 69.5 Å². The summed E-state index contributed by atoms with van der Waals surface area (Å²) in [4.78, 5) is 47.7. The molecule has 0 atom stereocenters. The molecule has 8 heteroatoms. The molecule has 0 aliphatic heterocycles. The summed E-state index contributed by atoms with van der Waals surface area (Å²) in [7, 11) is 0. The summed E-state index contributed by atoms with van der Waals surface area (Å²) in [6.07, 6.45) is 0.734. The summed E-state index contributed by atoms with van der Waals surface area (Å²) < 4.78 is 0. The quantitative estimate of drug-likeness (QED) is 0.167. The van der Waals surface area contributed by atoms with Crippen LogP contribution in [0.15, 0.2) is 97.1 Å². The van der Waals surface area contributed by atoms with E-state index in [2.05, 4.69) is 0 Å². The molecule has 0 fully saturated rings. The standard InChI is InChI=1S/2C16H12Cl2O2/c2*17-13-5-1-11(2-6-13)15(19)9-10-16(20)12-3-7-14(18)8-4-12/h2*1-8H,9-10H2. The maximum absolute atomic E-state index is 11.9. The van der Waals surface area contributed by atoms with E-state index in [4.69, 9.17) is 46.4 Å². The van der Waals surface area contributed by atoms with Gasteiger partial charge in [-0.1, -0.05) is 46.4 Å². The molecule has 40 heavy (non-hydrogen) atoms. The van der Waals surface area contributed by atoms with E-state index < -0.39 is 0 Å². The van der Waals surface area contributed by atoms with Crippen LogP contribution in [0.4, 0.5) is 0 Å². The zero-order valence-corrected chi connectivity index (χ0v) is 24.2. The monoisotopic (exact) mass is 612 g/mol. The maximum atomic E-state index is 11.9. The van der Waals surface area contributed by atoms with Crippen LogP contribution < -0.4 is 0 Å². The molecule has 4 aromatic rings. The predicted molar refractivity (Wildman–Crippen MR) is 162 cm³/mol. The Hall–Kier alpha value is -3.28. The smallest absolute Gasteiger partial charge is 0.163 e. The van der Waals surface area contributed by atoms with E-state index in [0.29, 0.717) is 42.3 Å². The van der Waals surface area contributed by atoms with Crippen LogP contribution in [0, 0.1) is 0 Å². The Bertz CT molecular complexity index is 1230. The van der Waals surface area contributed by atoms with Gasteiger partial charge in [0.2, 0.25) is 0 Å². The van der Waals surface area contributed by atoms with Gasteiger partial charge in [0.1, 0.15) is 0 Å². The van der Waals surface area contributed by atoms with Crippen molar-refractivity contribution in [1.82, 2.24) is 0 Å². The van der Waals surface area contributed by atoms with Crippen molar-refractivity contribution in [3.8, 4) is 0 Å². The highest BCUT2D eigenvalue weighted by Gasteiger charge is 2.12. The molecule has 4 nitrogen and oxygen atoms in total. The average Bonchev–Trinajstić information content (AvgIpc) is 2.96. The lowest BCUT2D eigenvalue weighted by atomic mass is 10.0. The molecular weight excluding hydrogens is 590 g/mol. The third kappa shape index (κ3) is 10.0. The van der Waals surface area contributed by atoms with Crippen molar-refractivity contribution < 1.29 is 19.2 Å². The molecule has 0 spiro atoms. The van der Waals surface area contributed by atoms with Crippen molar-refractivity contribution in [2.45, 2.75) is 25.7 Å². The van der Waals surface area contributed by atoms with Gasteiger partial charge in [-0.05, 0) is 97.1 Å². The third-order valence-electron chi connectivity index (χ3n) is 5.82. The van der Waals surface area contributed by atoms with Crippen molar-refractivity contribution in [3.63, 3.8) is 0 Å². The first-order chi connectivity index (χ1) is 19.1. The Morgan fingerprint density at radius 2 is 0.475 bits per heavy atom. The zero-order valence-electron chi connectivity index (χ0n) is 21.2. The van der Waals surface area contributed by atoms with E-state index in [0.717, 1.165) is 0 Å². The topological polar surface area (TPSA) is 68.3 Å². The van der Waals surface area contributed by atoms with Gasteiger partial charge in [-0.15, -0.1) is 0 Å². The van der Waals surface area contributed by atoms with Crippen LogP contribution >= 0.6 is 46.4 Å². The fraction of sp³-hybridized carbons (Fsp3) is 0.125. The number of carbonyl (C=O) groups excluding carboxylic acids is 4. The molecule has 4 aromatic carbocycles. The van der Waals surface area contributed by atoms with Gasteiger partial charge < -0.3 is 0 Å². The molecule has 0 aliphatic rings. The molecule has 0 aromatic heterocycles. The van der Waals surface area contributed by atoms with Crippen LogP contribution in [0.5, 0.6) is 0 Å². The number of Topliss-reactive ketones (excluding diaryl/α,β-unsaturated/α-hetero) is 4. The first-order valence-corrected chi connectivity index (χ1v) is 13.8. The molecule has 0 saturated heterocycles. The minimum absolute atomic E-state index is 0.0658. The number of halogens is 4. The van der Waals surface area contributed by atoms with Crippen molar-refractivity contribution in [1.29, 1.82) is 0 Å². The first-order valence-electron chi connectivity index (χ1n) is 12.3. The first kappa shape index (κ1) is 31.3. The predicted octanol–water partition coefficient (Wildman–Crippen LogP) is 9.68. The largest absolute Gasteiger partial charge is 0.294 e. The second kappa shape index (κ2) is 15.5. The van der Waals surface area contributed by atoms with Crippen LogP contribution in [-0.2, 0) is 0 Å². The Labute approximate surface area is 252 Å². The number of carbonyl (C=O) groups is 4. The molecule has 0 aliphatic carbocycles. The van der Waals surface area contributed by atoms with Crippen molar-refractivity contribution in [2.24, 2.45) is 0 Å². The normalized spacial score (nSPS) is 10.3. The van der Waals surface area contributed by atoms with Gasteiger partial charge in [-0.3, -0.25) is 19.2 Å². The molecule has 0 radical (unpaired) electrons. The van der Waals surface area contributed by atoms with Gasteiger partial charge >= 0.3 is 0 Å². The highest BCUT2D eigenvalue weighted by atomic mass is 35.5. The lowest BCUT2D eigenvalue weighted by Crippen LogP contribution is -2.05. The minimum Gasteiger partial charge on any atom is -0.294 e. The second-order valence-electron chi connectivity index (χ2n) is 8.72. The summed E-state index contributed by atoms with van der Waals surface area (Å²) in [5.74, 6) is -0.263. The lowest BCUT2D eigenvalue weighted by molar-refractivity contribution is 0.0917. The fourth-order valence-electron chi connectivity index (χ4n) is 3.57. The second-order valence-corrected chi connectivity index (χ2v) is 10.5. The van der Waals surface area contributed by atoms with Crippen molar-refractivity contribution in [2.75, 3.05) is 0 Å². The van der Waals surface area contributed by atoms with E-state index in [1.165, 1.54) is 0 Å². The Morgan fingerprint density at radius 1 is 0.325 bits per heavy atom. The average molecular weight is 614 g/mol. The highest BCUT2D eigenvalue weighted by Crippen LogP contribution is 2.16. The summed E-state index contributed by atoms with van der Waals surface area (Å²) in [5.41, 5.74) is 2.27. The SMILES string of the molecule is O=C(CCC(=O)c1ccc(Cl)cc1)c1ccc(Cl)cc1.O=C(CCC(=O)c1ccc(Cl)cc1)c1ccc(Cl)cc1. The summed E-state index contributed by atoms with van der Waals surface area (Å²) >= 11 is 23.0. The lowest BCUT2D eigenvalue weighted by Gasteiger charge is -2.02. The van der Waals surface area contributed by atoms with E-state index in [1.807, 2.05) is 0 Å². The van der Waals surface area contributed by atoms with Gasteiger partial charge in [0.25, 0.3) is 0 Å². The highest BCUT2D eigenvalue weighted by molar-refractivity contribution is 6.31. The minimum atomic E-state index is -0.0658. The van der Waals surface area contributed by atoms with Crippen LogP contribution in [-0.4, -0.2) is 23.1 Å². The molecule has 0 saturated carbocycles. The Kier molecular flexibility index (Phi) is 12.1. The van der Waals surface area contributed by atoms with Crippen LogP contribution in [0.3, 0.4) is 0 Å². The summed E-state index contributed by atoms with van der Waals surface area (Å²) in [6.45, 7) is 0. The van der Waals surface area contributed by atoms with Crippen LogP contribution in [0.2, 0.25) is 20.1 Å². The number of hydrogen-bond donors (Lipinski definition) is 0. The molecule has 0 unspecified atom stereocenters. The van der Waals surface area contributed by atoms with Gasteiger partial charge in [0, 0.05) is 68.0 Å². The molecule has 0 N–H and O–H groups in total.